The van der Waals surface area contributed by atoms with Crippen LogP contribution in [0.4, 0.5) is 15.9 Å². The number of rotatable bonds is 4. The van der Waals surface area contributed by atoms with E-state index in [0.29, 0.717) is 16.7 Å². The van der Waals surface area contributed by atoms with Gasteiger partial charge in [-0.3, -0.25) is 4.79 Å². The molecular formula is C22H24ClFN4O4. The van der Waals surface area contributed by atoms with Gasteiger partial charge < -0.3 is 25.2 Å². The highest BCUT2D eigenvalue weighted by atomic mass is 35.5. The van der Waals surface area contributed by atoms with E-state index < -0.39 is 5.82 Å². The number of piperidine rings is 1. The smallest absolute Gasteiger partial charge is 0.248 e. The quantitative estimate of drug-likeness (QED) is 0.540. The van der Waals surface area contributed by atoms with Crippen molar-refractivity contribution >= 4 is 39.9 Å². The molecule has 1 aromatic heterocycles. The first-order valence-corrected chi connectivity index (χ1v) is 10.4. The second-order valence-electron chi connectivity index (χ2n) is 7.09. The van der Waals surface area contributed by atoms with Gasteiger partial charge in [-0.2, -0.15) is 0 Å². The molecule has 1 amide bonds. The summed E-state index contributed by atoms with van der Waals surface area (Å²) in [6, 6.07) is 7.67. The third-order valence-electron chi connectivity index (χ3n) is 4.98. The monoisotopic (exact) mass is 462 g/mol. The molecule has 10 heteroatoms. The molecule has 0 unspecified atom stereocenters. The summed E-state index contributed by atoms with van der Waals surface area (Å²) in [6.07, 6.45) is 4.71. The van der Waals surface area contributed by atoms with Crippen molar-refractivity contribution in [3.63, 3.8) is 0 Å². The van der Waals surface area contributed by atoms with Crippen LogP contribution in [-0.4, -0.2) is 57.8 Å². The van der Waals surface area contributed by atoms with Crippen LogP contribution in [0.5, 0.6) is 11.5 Å². The maximum atomic E-state index is 14.0. The average Bonchev–Trinajstić information content (AvgIpc) is 2.82. The molecule has 1 aliphatic heterocycles. The first-order chi connectivity index (χ1) is 15.4. The molecule has 1 fully saturated rings. The van der Waals surface area contributed by atoms with Crippen molar-refractivity contribution in [2.45, 2.75) is 19.3 Å². The van der Waals surface area contributed by atoms with Crippen LogP contribution in [-0.2, 0) is 4.79 Å². The number of nitrogens with zero attached hydrogens (tertiary/aromatic N) is 3. The van der Waals surface area contributed by atoms with E-state index in [1.165, 1.54) is 32.0 Å². The lowest BCUT2D eigenvalue weighted by molar-refractivity contribution is -0.135. The number of hydrogen-bond acceptors (Lipinski definition) is 7. The topological polar surface area (TPSA) is 108 Å². The molecule has 1 aliphatic rings. The Balaban J connectivity index is 0.000000243. The Kier molecular flexibility index (Phi) is 8.02. The fourth-order valence-electron chi connectivity index (χ4n) is 3.31. The zero-order chi connectivity index (χ0) is 23.1. The number of nitrogens with one attached hydrogen (secondary N) is 1. The Labute approximate surface area is 189 Å². The van der Waals surface area contributed by atoms with Gasteiger partial charge in [0.25, 0.3) is 0 Å². The standard InChI is InChI=1S/C15H11ClFN3O2.C7H13NO2/c1-22-13-5-8-11(6-12(13)21)18-7-19-15(8)20-10-4-2-3-9(16)14(10)17;9-6-7(10)8-4-2-1-3-5-8/h2-7,21H,1H3,(H,18,19,20);9H,1-6H2. The van der Waals surface area contributed by atoms with Crippen molar-refractivity contribution in [1.29, 1.82) is 0 Å². The highest BCUT2D eigenvalue weighted by Crippen LogP contribution is 2.34. The van der Waals surface area contributed by atoms with Gasteiger partial charge in [-0.15, -0.1) is 0 Å². The van der Waals surface area contributed by atoms with Crippen LogP contribution in [0, 0.1) is 5.82 Å². The average molecular weight is 463 g/mol. The second-order valence-corrected chi connectivity index (χ2v) is 7.50. The number of phenols is 1. The summed E-state index contributed by atoms with van der Waals surface area (Å²) >= 11 is 5.77. The summed E-state index contributed by atoms with van der Waals surface area (Å²) in [7, 11) is 1.44. The summed E-state index contributed by atoms with van der Waals surface area (Å²) in [6.45, 7) is 1.33. The summed E-state index contributed by atoms with van der Waals surface area (Å²) in [5.74, 6) is -0.0728. The van der Waals surface area contributed by atoms with Crippen molar-refractivity contribution in [3.05, 3.63) is 47.5 Å². The number of aliphatic hydroxyl groups excluding tert-OH is 1. The van der Waals surface area contributed by atoms with Crippen LogP contribution in [0.2, 0.25) is 5.02 Å². The molecule has 0 radical (unpaired) electrons. The van der Waals surface area contributed by atoms with E-state index >= 15 is 0 Å². The van der Waals surface area contributed by atoms with E-state index in [-0.39, 0.29) is 34.7 Å². The number of aromatic hydroxyl groups is 1. The molecule has 0 spiro atoms. The van der Waals surface area contributed by atoms with Crippen molar-refractivity contribution < 1.29 is 24.1 Å². The number of fused-ring (bicyclic) bond motifs is 1. The van der Waals surface area contributed by atoms with Gasteiger partial charge >= 0.3 is 0 Å². The fraction of sp³-hybridized carbons (Fsp3) is 0.318. The first kappa shape index (κ1) is 23.5. The third-order valence-corrected chi connectivity index (χ3v) is 5.28. The van der Waals surface area contributed by atoms with Crippen molar-refractivity contribution in [2.75, 3.05) is 32.1 Å². The number of hydrogen-bond donors (Lipinski definition) is 3. The van der Waals surface area contributed by atoms with E-state index in [1.54, 1.807) is 23.1 Å². The Hall–Kier alpha value is -3.17. The molecule has 32 heavy (non-hydrogen) atoms. The number of ether oxygens (including phenoxy) is 1. The Bertz CT molecular complexity index is 1090. The molecular weight excluding hydrogens is 439 g/mol. The SMILES string of the molecule is COc1cc2c(Nc3cccc(Cl)c3F)ncnc2cc1O.O=C(CO)N1CCCCC1. The van der Waals surface area contributed by atoms with Crippen molar-refractivity contribution in [2.24, 2.45) is 0 Å². The molecule has 0 bridgehead atoms. The number of anilines is 2. The number of carbonyl (C=O) groups is 1. The van der Waals surface area contributed by atoms with Gasteiger partial charge in [0.05, 0.1) is 23.3 Å². The number of phenolic OH excluding ortho intramolecular Hbond substituents is 1. The summed E-state index contributed by atoms with van der Waals surface area (Å²) < 4.78 is 19.1. The molecule has 4 rings (SSSR count). The third kappa shape index (κ3) is 5.54. The van der Waals surface area contributed by atoms with Crippen molar-refractivity contribution in [3.8, 4) is 11.5 Å². The van der Waals surface area contributed by atoms with Crippen LogP contribution in [0.1, 0.15) is 19.3 Å². The second kappa shape index (κ2) is 10.9. The van der Waals surface area contributed by atoms with E-state index in [2.05, 4.69) is 15.3 Å². The minimum atomic E-state index is -0.568. The number of aliphatic hydroxyl groups is 1. The molecule has 0 aliphatic carbocycles. The van der Waals surface area contributed by atoms with Gasteiger partial charge in [-0.1, -0.05) is 17.7 Å². The molecule has 170 valence electrons. The largest absolute Gasteiger partial charge is 0.504 e. The zero-order valence-electron chi connectivity index (χ0n) is 17.5. The molecule has 0 atom stereocenters. The normalized spacial score (nSPS) is 13.3. The number of benzene rings is 2. The molecule has 8 nitrogen and oxygen atoms in total. The molecule has 0 saturated carbocycles. The first-order valence-electron chi connectivity index (χ1n) is 10.1. The maximum absolute atomic E-state index is 14.0. The minimum Gasteiger partial charge on any atom is -0.504 e. The van der Waals surface area contributed by atoms with Gasteiger partial charge in [0, 0.05) is 24.5 Å². The number of aromatic nitrogens is 2. The molecule has 1 saturated heterocycles. The van der Waals surface area contributed by atoms with E-state index in [0.717, 1.165) is 25.9 Å². The highest BCUT2D eigenvalue weighted by molar-refractivity contribution is 6.31. The lowest BCUT2D eigenvalue weighted by Crippen LogP contribution is -2.37. The predicted octanol–water partition coefficient (Wildman–Crippen LogP) is 3.87. The maximum Gasteiger partial charge on any atom is 0.248 e. The highest BCUT2D eigenvalue weighted by Gasteiger charge is 2.14. The molecule has 3 aromatic rings. The number of carbonyl (C=O) groups excluding carboxylic acids is 1. The minimum absolute atomic E-state index is 0.0126. The van der Waals surface area contributed by atoms with Crippen LogP contribution in [0.15, 0.2) is 36.7 Å². The van der Waals surface area contributed by atoms with Crippen LogP contribution in [0.3, 0.4) is 0 Å². The molecule has 3 N–H and O–H groups in total. The number of methoxy groups -OCH3 is 1. The van der Waals surface area contributed by atoms with Gasteiger partial charge in [-0.05, 0) is 37.5 Å². The van der Waals surface area contributed by atoms with Crippen molar-refractivity contribution in [1.82, 2.24) is 14.9 Å². The van der Waals surface area contributed by atoms with E-state index in [9.17, 15) is 14.3 Å². The lowest BCUT2D eigenvalue weighted by atomic mass is 10.1. The Morgan fingerprint density at radius 2 is 2.00 bits per heavy atom. The predicted molar refractivity (Wildman–Crippen MR) is 120 cm³/mol. The fourth-order valence-corrected chi connectivity index (χ4v) is 3.48. The van der Waals surface area contributed by atoms with E-state index in [4.69, 9.17) is 21.4 Å². The zero-order valence-corrected chi connectivity index (χ0v) is 18.3. The van der Waals surface area contributed by atoms with Crippen LogP contribution < -0.4 is 10.1 Å². The van der Waals surface area contributed by atoms with Crippen LogP contribution >= 0.6 is 11.6 Å². The Morgan fingerprint density at radius 1 is 1.25 bits per heavy atom. The number of amides is 1. The van der Waals surface area contributed by atoms with Gasteiger partial charge in [0.15, 0.2) is 17.3 Å². The van der Waals surface area contributed by atoms with Gasteiger partial charge in [0.1, 0.15) is 18.8 Å². The van der Waals surface area contributed by atoms with E-state index in [1.807, 2.05) is 0 Å². The van der Waals surface area contributed by atoms with Gasteiger partial charge in [-0.25, -0.2) is 14.4 Å². The van der Waals surface area contributed by atoms with Gasteiger partial charge in [0.2, 0.25) is 5.91 Å². The molecule has 2 aromatic carbocycles. The van der Waals surface area contributed by atoms with Crippen LogP contribution in [0.25, 0.3) is 10.9 Å². The summed E-state index contributed by atoms with van der Waals surface area (Å²) in [5, 5.41) is 21.8. The summed E-state index contributed by atoms with van der Waals surface area (Å²) in [5.41, 5.74) is 0.692. The molecule has 2 heterocycles. The lowest BCUT2D eigenvalue weighted by Gasteiger charge is -2.25. The number of likely N-dealkylation sites (tertiary alicyclic amines) is 1. The Morgan fingerprint density at radius 3 is 2.69 bits per heavy atom. The number of halogens is 2. The summed E-state index contributed by atoms with van der Waals surface area (Å²) in [4.78, 5) is 20.8.